The second kappa shape index (κ2) is 15.9. The topological polar surface area (TPSA) is 171 Å². The van der Waals surface area contributed by atoms with Crippen LogP contribution < -0.4 is 10.6 Å². The molecule has 14 nitrogen and oxygen atoms in total. The monoisotopic (exact) mass is 831 g/mol. The molecular weight excluding hydrogens is 787 g/mol. The molecule has 7 heterocycles. The van der Waals surface area contributed by atoms with E-state index in [1.165, 1.54) is 16.7 Å². The normalized spacial score (nSPS) is 19.5. The fraction of sp³-hybridized carbons (Fsp3) is 0.333. The van der Waals surface area contributed by atoms with Crippen LogP contribution in [-0.4, -0.2) is 98.5 Å². The lowest BCUT2D eigenvalue weighted by molar-refractivity contribution is -0.136. The second-order valence-electron chi connectivity index (χ2n) is 16.9. The van der Waals surface area contributed by atoms with Crippen LogP contribution >= 0.6 is 0 Å². The van der Waals surface area contributed by atoms with E-state index in [0.717, 1.165) is 64.1 Å². The van der Waals surface area contributed by atoms with Gasteiger partial charge in [-0.25, -0.2) is 0 Å². The van der Waals surface area contributed by atoms with Gasteiger partial charge in [-0.2, -0.15) is 0 Å². The molecule has 3 aromatic carbocycles. The number of imide groups is 2. The molecule has 3 fully saturated rings. The summed E-state index contributed by atoms with van der Waals surface area (Å²) in [4.78, 5) is 91.3. The quantitative estimate of drug-likeness (QED) is 0.190. The van der Waals surface area contributed by atoms with Gasteiger partial charge in [-0.05, 0) is 102 Å². The molecule has 6 amide bonds. The predicted molar refractivity (Wildman–Crippen MR) is 229 cm³/mol. The zero-order chi connectivity index (χ0) is 42.6. The first kappa shape index (κ1) is 39.3. The highest BCUT2D eigenvalue weighted by molar-refractivity contribution is 6.25. The van der Waals surface area contributed by atoms with Gasteiger partial charge in [0.05, 0.1) is 16.8 Å². The van der Waals surface area contributed by atoms with E-state index in [-0.39, 0.29) is 41.8 Å². The van der Waals surface area contributed by atoms with Crippen LogP contribution in [0.5, 0.6) is 0 Å². The molecule has 5 aliphatic heterocycles. The van der Waals surface area contributed by atoms with E-state index in [0.29, 0.717) is 56.3 Å². The van der Waals surface area contributed by atoms with E-state index in [1.54, 1.807) is 42.3 Å². The Balaban J connectivity index is 0.817. The highest BCUT2D eigenvalue weighted by Gasteiger charge is 2.46. The summed E-state index contributed by atoms with van der Waals surface area (Å²) in [6.45, 7) is 5.26. The lowest BCUT2D eigenvalue weighted by atomic mass is 9.85. The van der Waals surface area contributed by atoms with Gasteiger partial charge >= 0.3 is 0 Å². The van der Waals surface area contributed by atoms with Gasteiger partial charge in [0.1, 0.15) is 11.7 Å². The van der Waals surface area contributed by atoms with Crippen molar-refractivity contribution in [2.45, 2.75) is 76.5 Å². The van der Waals surface area contributed by atoms with Crippen molar-refractivity contribution in [2.24, 2.45) is 0 Å². The van der Waals surface area contributed by atoms with Crippen molar-refractivity contribution in [3.8, 4) is 22.4 Å². The van der Waals surface area contributed by atoms with Crippen LogP contribution in [0.2, 0.25) is 0 Å². The molecular formula is C48H45N7O7. The Morgan fingerprint density at radius 2 is 1.58 bits per heavy atom. The van der Waals surface area contributed by atoms with Gasteiger partial charge in [-0.3, -0.25) is 49.0 Å². The zero-order valence-corrected chi connectivity index (χ0v) is 34.3. The van der Waals surface area contributed by atoms with Crippen molar-refractivity contribution in [2.75, 3.05) is 31.6 Å². The fourth-order valence-corrected chi connectivity index (χ4v) is 9.75. The Morgan fingerprint density at radius 1 is 0.790 bits per heavy atom. The molecule has 2 N–H and O–H groups in total. The van der Waals surface area contributed by atoms with Crippen LogP contribution in [0.1, 0.15) is 99.3 Å². The van der Waals surface area contributed by atoms with Crippen LogP contribution in [0.3, 0.4) is 0 Å². The Bertz CT molecular complexity index is 2700. The van der Waals surface area contributed by atoms with Gasteiger partial charge in [0.25, 0.3) is 17.7 Å². The van der Waals surface area contributed by atoms with Gasteiger partial charge in [0, 0.05) is 87.8 Å². The minimum atomic E-state index is -1.04. The second-order valence-corrected chi connectivity index (χ2v) is 16.9. The van der Waals surface area contributed by atoms with Crippen molar-refractivity contribution < 1.29 is 33.5 Å². The third-order valence-corrected chi connectivity index (χ3v) is 13.2. The molecule has 1 atom stereocenters. The minimum Gasteiger partial charge on any atom is -0.382 e. The number of amides is 6. The summed E-state index contributed by atoms with van der Waals surface area (Å²) < 4.78 is 5.67. The maximum absolute atomic E-state index is 13.6. The number of hydrogen-bond donors (Lipinski definition) is 2. The largest absolute Gasteiger partial charge is 0.382 e. The Labute approximate surface area is 357 Å². The molecule has 10 rings (SSSR count). The number of fused-ring (bicyclic) bond motifs is 3. The van der Waals surface area contributed by atoms with Crippen molar-refractivity contribution in [1.29, 1.82) is 0 Å². The molecule has 0 aliphatic carbocycles. The first-order valence-electron chi connectivity index (χ1n) is 21.4. The van der Waals surface area contributed by atoms with E-state index in [1.807, 2.05) is 17.2 Å². The SMILES string of the molecule is CC(=O)N1Cc2cc(C3CCOCC3)cc(-c3cccc4cc(-c5ccc(C(=O)N6CCC(Nc7cccc8c7C(=O)N(C7CCC(=O)NC7=O)C8=O)CC6)nc5)ncc34)c2C1. The van der Waals surface area contributed by atoms with Gasteiger partial charge in [0.15, 0.2) is 0 Å². The van der Waals surface area contributed by atoms with Gasteiger partial charge in [-0.15, -0.1) is 0 Å². The van der Waals surface area contributed by atoms with E-state index >= 15 is 0 Å². The molecule has 314 valence electrons. The Hall–Kier alpha value is -6.80. The van der Waals surface area contributed by atoms with Crippen LogP contribution in [0, 0.1) is 0 Å². The average molecular weight is 832 g/mol. The average Bonchev–Trinajstić information content (AvgIpc) is 3.85. The van der Waals surface area contributed by atoms with Crippen molar-refractivity contribution in [3.63, 3.8) is 0 Å². The molecule has 0 bridgehead atoms. The van der Waals surface area contributed by atoms with Gasteiger partial charge in [0.2, 0.25) is 17.7 Å². The molecule has 0 spiro atoms. The van der Waals surface area contributed by atoms with Crippen LogP contribution in [0.4, 0.5) is 5.69 Å². The van der Waals surface area contributed by atoms with E-state index in [2.05, 4.69) is 52.0 Å². The van der Waals surface area contributed by atoms with E-state index in [4.69, 9.17) is 9.72 Å². The highest BCUT2D eigenvalue weighted by atomic mass is 16.5. The predicted octanol–water partition coefficient (Wildman–Crippen LogP) is 5.84. The number of nitrogens with one attached hydrogen (secondary N) is 2. The van der Waals surface area contributed by atoms with E-state index < -0.39 is 29.7 Å². The maximum atomic E-state index is 13.6. The summed E-state index contributed by atoms with van der Waals surface area (Å²) in [5.41, 5.74) is 8.71. The fourth-order valence-electron chi connectivity index (χ4n) is 9.75. The molecule has 3 saturated heterocycles. The first-order chi connectivity index (χ1) is 30.1. The number of ether oxygens (including phenoxy) is 1. The van der Waals surface area contributed by atoms with Gasteiger partial charge < -0.3 is 19.9 Å². The zero-order valence-electron chi connectivity index (χ0n) is 34.3. The van der Waals surface area contributed by atoms with Crippen LogP contribution in [0.25, 0.3) is 33.2 Å². The number of anilines is 1. The maximum Gasteiger partial charge on any atom is 0.272 e. The van der Waals surface area contributed by atoms with Gasteiger partial charge in [-0.1, -0.05) is 36.4 Å². The number of likely N-dealkylation sites (tertiary alicyclic amines) is 1. The highest BCUT2D eigenvalue weighted by Crippen LogP contribution is 2.41. The number of carbonyl (C=O) groups excluding carboxylic acids is 6. The van der Waals surface area contributed by atoms with Crippen molar-refractivity contribution >= 4 is 51.9 Å². The van der Waals surface area contributed by atoms with Crippen molar-refractivity contribution in [3.05, 3.63) is 113 Å². The number of hydrogen-bond acceptors (Lipinski definition) is 10. The number of piperidine rings is 2. The molecule has 62 heavy (non-hydrogen) atoms. The number of nitrogens with zero attached hydrogens (tertiary/aromatic N) is 5. The number of benzene rings is 3. The molecule has 0 saturated carbocycles. The number of carbonyl (C=O) groups is 6. The molecule has 5 aliphatic rings. The smallest absolute Gasteiger partial charge is 0.272 e. The minimum absolute atomic E-state index is 0.0502. The number of aromatic nitrogens is 2. The third-order valence-electron chi connectivity index (χ3n) is 13.2. The summed E-state index contributed by atoms with van der Waals surface area (Å²) >= 11 is 0. The third kappa shape index (κ3) is 7.07. The number of rotatable bonds is 7. The van der Waals surface area contributed by atoms with Crippen molar-refractivity contribution in [1.82, 2.24) is 30.0 Å². The number of pyridine rings is 2. The Kier molecular flexibility index (Phi) is 10.1. The lowest BCUT2D eigenvalue weighted by Gasteiger charge is -2.33. The summed E-state index contributed by atoms with van der Waals surface area (Å²) in [7, 11) is 0. The molecule has 1 unspecified atom stereocenters. The summed E-state index contributed by atoms with van der Waals surface area (Å²) in [5, 5.41) is 7.70. The van der Waals surface area contributed by atoms with Crippen LogP contribution in [0.15, 0.2) is 79.1 Å². The molecule has 5 aromatic rings. The van der Waals surface area contributed by atoms with Crippen LogP contribution in [-0.2, 0) is 32.2 Å². The summed E-state index contributed by atoms with van der Waals surface area (Å²) in [5.74, 6) is -1.89. The summed E-state index contributed by atoms with van der Waals surface area (Å²) in [6, 6.07) is 20.5. The standard InChI is InChI=1S/C48H45N7O7/c1-27(56)54-25-32-20-31(28-14-18-62-19-15-28)21-36(38(32)26-54)34-5-2-4-29-22-41(50-24-37(29)34)30-8-9-40(49-23-30)47(60)53-16-12-33(13-17-53)51-39-7-3-6-35-44(39)48(61)55(46(35)59)42-10-11-43(57)52-45(42)58/h2-9,20-24,28,33,42,51H,10-19,25-26H2,1H3,(H,52,57,58). The Morgan fingerprint density at radius 3 is 2.34 bits per heavy atom. The van der Waals surface area contributed by atoms with E-state index in [9.17, 15) is 28.8 Å². The molecule has 0 radical (unpaired) electrons. The summed E-state index contributed by atoms with van der Waals surface area (Å²) in [6.07, 6.45) is 6.90. The first-order valence-corrected chi connectivity index (χ1v) is 21.4. The lowest BCUT2D eigenvalue weighted by Crippen LogP contribution is -2.54. The molecule has 2 aromatic heterocycles. The molecule has 14 heteroatoms.